The van der Waals surface area contributed by atoms with E-state index in [1.807, 2.05) is 6.07 Å². The number of ether oxygens (including phenoxy) is 2. The zero-order valence-corrected chi connectivity index (χ0v) is 12.1. The van der Waals surface area contributed by atoms with Crippen molar-refractivity contribution in [2.45, 2.75) is 18.8 Å². The van der Waals surface area contributed by atoms with E-state index >= 15 is 0 Å². The fraction of sp³-hybridized carbons (Fsp3) is 0.692. The smallest absolute Gasteiger partial charge is 0.145 e. The summed E-state index contributed by atoms with van der Waals surface area (Å²) in [7, 11) is 3.38. The molecule has 0 aliphatic heterocycles. The molecule has 1 aromatic rings. The molecule has 1 aliphatic carbocycles. The van der Waals surface area contributed by atoms with E-state index in [4.69, 9.17) is 15.3 Å². The van der Waals surface area contributed by atoms with Gasteiger partial charge in [-0.3, -0.25) is 0 Å². The van der Waals surface area contributed by atoms with Gasteiger partial charge < -0.3 is 19.8 Å². The van der Waals surface area contributed by atoms with Crippen LogP contribution in [0.15, 0.2) is 6.07 Å². The average molecular weight is 281 g/mol. The van der Waals surface area contributed by atoms with Crippen LogP contribution in [-0.4, -0.2) is 50.5 Å². The van der Waals surface area contributed by atoms with Crippen LogP contribution in [0.25, 0.3) is 0 Å². The van der Waals surface area contributed by atoms with E-state index in [9.17, 15) is 0 Å². The lowest BCUT2D eigenvalue weighted by molar-refractivity contribution is 0.190. The van der Waals surface area contributed by atoms with Crippen molar-refractivity contribution in [3.63, 3.8) is 0 Å². The Kier molecular flexibility index (Phi) is 5.51. The molecule has 7 nitrogen and oxygen atoms in total. The Balaban J connectivity index is 2.18. The Morgan fingerprint density at radius 3 is 2.40 bits per heavy atom. The highest BCUT2D eigenvalue weighted by molar-refractivity contribution is 5.49. The summed E-state index contributed by atoms with van der Waals surface area (Å²) in [5.41, 5.74) is 2.62. The van der Waals surface area contributed by atoms with Gasteiger partial charge in [-0.2, -0.15) is 0 Å². The van der Waals surface area contributed by atoms with Gasteiger partial charge in [0.1, 0.15) is 17.5 Å². The van der Waals surface area contributed by atoms with Gasteiger partial charge in [0.15, 0.2) is 0 Å². The first-order valence-corrected chi connectivity index (χ1v) is 6.87. The number of nitrogens with one attached hydrogen (secondary N) is 1. The zero-order valence-electron chi connectivity index (χ0n) is 12.1. The van der Waals surface area contributed by atoms with Gasteiger partial charge in [0.25, 0.3) is 0 Å². The Morgan fingerprint density at radius 2 is 1.90 bits per heavy atom. The number of anilines is 2. The summed E-state index contributed by atoms with van der Waals surface area (Å²) in [6.07, 6.45) is 2.31. The van der Waals surface area contributed by atoms with Gasteiger partial charge >= 0.3 is 0 Å². The van der Waals surface area contributed by atoms with Gasteiger partial charge in [-0.05, 0) is 12.8 Å². The standard InChI is InChI=1S/C13H23N5O2/c1-19-7-5-18(6-8-20-2)12-9-11(17-14)15-13(16-12)10-3-4-10/h9-10H,3-8,14H2,1-2H3,(H,15,16,17). The molecule has 0 amide bonds. The molecule has 112 valence electrons. The van der Waals surface area contributed by atoms with Crippen LogP contribution in [0.2, 0.25) is 0 Å². The van der Waals surface area contributed by atoms with Crippen molar-refractivity contribution < 1.29 is 9.47 Å². The second-order valence-corrected chi connectivity index (χ2v) is 4.86. The lowest BCUT2D eigenvalue weighted by Crippen LogP contribution is -2.32. The summed E-state index contributed by atoms with van der Waals surface area (Å²) >= 11 is 0. The Hall–Kier alpha value is -1.44. The molecule has 0 bridgehead atoms. The molecule has 2 rings (SSSR count). The summed E-state index contributed by atoms with van der Waals surface area (Å²) in [4.78, 5) is 11.2. The van der Waals surface area contributed by atoms with Crippen LogP contribution in [0, 0.1) is 0 Å². The summed E-state index contributed by atoms with van der Waals surface area (Å²) in [5.74, 6) is 8.37. The molecule has 1 heterocycles. The van der Waals surface area contributed by atoms with E-state index in [1.165, 1.54) is 0 Å². The Labute approximate surface area is 119 Å². The first-order chi connectivity index (χ1) is 9.78. The predicted octanol–water partition coefficient (Wildman–Crippen LogP) is 0.739. The van der Waals surface area contributed by atoms with Crippen LogP contribution in [-0.2, 0) is 9.47 Å². The van der Waals surface area contributed by atoms with Crippen molar-refractivity contribution >= 4 is 11.6 Å². The van der Waals surface area contributed by atoms with Gasteiger partial charge in [0.05, 0.1) is 13.2 Å². The van der Waals surface area contributed by atoms with Gasteiger partial charge in [-0.1, -0.05) is 0 Å². The fourth-order valence-corrected chi connectivity index (χ4v) is 1.96. The van der Waals surface area contributed by atoms with Crippen molar-refractivity contribution in [1.82, 2.24) is 9.97 Å². The molecule has 0 unspecified atom stereocenters. The summed E-state index contributed by atoms with van der Waals surface area (Å²) in [5, 5.41) is 0. The quantitative estimate of drug-likeness (QED) is 0.510. The maximum absolute atomic E-state index is 5.50. The maximum Gasteiger partial charge on any atom is 0.145 e. The molecule has 7 heteroatoms. The molecule has 0 radical (unpaired) electrons. The van der Waals surface area contributed by atoms with Gasteiger partial charge in [-0.25, -0.2) is 15.8 Å². The molecule has 1 aliphatic rings. The van der Waals surface area contributed by atoms with Crippen LogP contribution < -0.4 is 16.2 Å². The second-order valence-electron chi connectivity index (χ2n) is 4.86. The highest BCUT2D eigenvalue weighted by Crippen LogP contribution is 2.39. The summed E-state index contributed by atoms with van der Waals surface area (Å²) < 4.78 is 10.3. The summed E-state index contributed by atoms with van der Waals surface area (Å²) in [6, 6.07) is 1.86. The van der Waals surface area contributed by atoms with Gasteiger partial charge in [-0.15, -0.1) is 0 Å². The summed E-state index contributed by atoms with van der Waals surface area (Å²) in [6.45, 7) is 2.78. The SMILES string of the molecule is COCCN(CCOC)c1cc(NN)nc(C2CC2)n1. The van der Waals surface area contributed by atoms with Gasteiger partial charge in [0, 0.05) is 39.3 Å². The van der Waals surface area contributed by atoms with Crippen LogP contribution in [0.5, 0.6) is 0 Å². The number of nitrogens with zero attached hydrogens (tertiary/aromatic N) is 3. The second kappa shape index (κ2) is 7.37. The minimum Gasteiger partial charge on any atom is -0.383 e. The van der Waals surface area contributed by atoms with Crippen molar-refractivity contribution in [2.75, 3.05) is 50.8 Å². The topological polar surface area (TPSA) is 85.5 Å². The average Bonchev–Trinajstić information content (AvgIpc) is 3.31. The van der Waals surface area contributed by atoms with E-state index in [2.05, 4.69) is 20.3 Å². The van der Waals surface area contributed by atoms with E-state index in [1.54, 1.807) is 14.2 Å². The van der Waals surface area contributed by atoms with Crippen molar-refractivity contribution in [2.24, 2.45) is 5.84 Å². The number of nitrogens with two attached hydrogens (primary N) is 1. The first-order valence-electron chi connectivity index (χ1n) is 6.87. The van der Waals surface area contributed by atoms with E-state index in [0.29, 0.717) is 24.9 Å². The molecule has 0 atom stereocenters. The molecule has 20 heavy (non-hydrogen) atoms. The molecule has 1 fully saturated rings. The monoisotopic (exact) mass is 281 g/mol. The molecule has 1 aromatic heterocycles. The van der Waals surface area contributed by atoms with Crippen LogP contribution in [0.3, 0.4) is 0 Å². The molecule has 0 spiro atoms. The zero-order chi connectivity index (χ0) is 14.4. The minimum atomic E-state index is 0.480. The number of rotatable bonds is 9. The Morgan fingerprint density at radius 1 is 1.25 bits per heavy atom. The molecular weight excluding hydrogens is 258 g/mol. The third-order valence-corrected chi connectivity index (χ3v) is 3.27. The third-order valence-electron chi connectivity index (χ3n) is 3.27. The number of hydrazine groups is 1. The molecule has 1 saturated carbocycles. The molecular formula is C13H23N5O2. The molecule has 3 N–H and O–H groups in total. The number of hydrogen-bond donors (Lipinski definition) is 2. The first kappa shape index (κ1) is 15.0. The lowest BCUT2D eigenvalue weighted by Gasteiger charge is -2.24. The number of methoxy groups -OCH3 is 2. The number of aromatic nitrogens is 2. The number of hydrogen-bond acceptors (Lipinski definition) is 7. The predicted molar refractivity (Wildman–Crippen MR) is 77.8 cm³/mol. The molecule has 0 saturated heterocycles. The largest absolute Gasteiger partial charge is 0.383 e. The lowest BCUT2D eigenvalue weighted by atomic mass is 10.3. The Bertz CT molecular complexity index is 417. The van der Waals surface area contributed by atoms with Gasteiger partial charge in [0.2, 0.25) is 0 Å². The van der Waals surface area contributed by atoms with Crippen molar-refractivity contribution in [3.05, 3.63) is 11.9 Å². The number of nitrogen functional groups attached to an aromatic ring is 1. The highest BCUT2D eigenvalue weighted by Gasteiger charge is 2.28. The minimum absolute atomic E-state index is 0.480. The maximum atomic E-state index is 5.50. The van der Waals surface area contributed by atoms with Crippen LogP contribution in [0.4, 0.5) is 11.6 Å². The van der Waals surface area contributed by atoms with Crippen LogP contribution >= 0.6 is 0 Å². The third kappa shape index (κ3) is 4.03. The normalized spacial score (nSPS) is 14.3. The fourth-order valence-electron chi connectivity index (χ4n) is 1.96. The van der Waals surface area contributed by atoms with E-state index in [0.717, 1.165) is 37.6 Å². The van der Waals surface area contributed by atoms with Crippen molar-refractivity contribution in [3.8, 4) is 0 Å². The van der Waals surface area contributed by atoms with E-state index in [-0.39, 0.29) is 0 Å². The highest BCUT2D eigenvalue weighted by atomic mass is 16.5. The van der Waals surface area contributed by atoms with E-state index < -0.39 is 0 Å². The van der Waals surface area contributed by atoms with Crippen molar-refractivity contribution in [1.29, 1.82) is 0 Å². The van der Waals surface area contributed by atoms with Crippen LogP contribution in [0.1, 0.15) is 24.6 Å². The molecule has 0 aromatic carbocycles.